The number of carboxylic acid groups (broad SMARTS) is 1. The summed E-state index contributed by atoms with van der Waals surface area (Å²) in [6.07, 6.45) is 1.67. The van der Waals surface area contributed by atoms with Gasteiger partial charge < -0.3 is 25.0 Å². The molecule has 2 aliphatic rings. The topological polar surface area (TPSA) is 112 Å². The molecule has 8 nitrogen and oxygen atoms in total. The molecule has 2 amide bonds. The number of aliphatic carboxylic acids is 1. The van der Waals surface area contributed by atoms with E-state index in [4.69, 9.17) is 4.74 Å². The molecule has 8 heteroatoms. The molecule has 38 heavy (non-hydrogen) atoms. The number of aromatic nitrogens is 1. The van der Waals surface area contributed by atoms with Crippen molar-refractivity contribution in [2.45, 2.75) is 24.3 Å². The van der Waals surface area contributed by atoms with E-state index in [0.29, 0.717) is 6.42 Å². The highest BCUT2D eigenvalue weighted by atomic mass is 16.5. The monoisotopic (exact) mass is 509 g/mol. The molecule has 1 aliphatic heterocycles. The second kappa shape index (κ2) is 9.70. The fourth-order valence-corrected chi connectivity index (χ4v) is 5.93. The van der Waals surface area contributed by atoms with Crippen molar-refractivity contribution in [2.75, 3.05) is 19.7 Å². The van der Waals surface area contributed by atoms with E-state index < -0.39 is 30.6 Å². The molecule has 2 heterocycles. The molecule has 2 atom stereocenters. The summed E-state index contributed by atoms with van der Waals surface area (Å²) in [5.41, 5.74) is 6.29. The van der Waals surface area contributed by atoms with Gasteiger partial charge in [-0.1, -0.05) is 66.7 Å². The largest absolute Gasteiger partial charge is 0.480 e. The van der Waals surface area contributed by atoms with Gasteiger partial charge in [0.25, 0.3) is 0 Å². The van der Waals surface area contributed by atoms with Gasteiger partial charge in [0.1, 0.15) is 19.2 Å². The second-order valence-corrected chi connectivity index (χ2v) is 9.79. The number of nitrogens with one attached hydrogen (secondary N) is 2. The molecule has 0 saturated carbocycles. The minimum atomic E-state index is -1.09. The van der Waals surface area contributed by atoms with Crippen LogP contribution in [0.15, 0.2) is 79.0 Å². The lowest BCUT2D eigenvalue weighted by Gasteiger charge is -2.37. The number of carbonyl (C=O) groups excluding carboxylic acids is 2. The number of benzene rings is 3. The van der Waals surface area contributed by atoms with Gasteiger partial charge in [-0.25, -0.2) is 4.79 Å². The standard InChI is InChI=1S/C30H27N3O5/c34-27(35)16-33-14-13-23(24-15-31-26-12-6-5-11-22(24)26)28(29(33)36)32-30(37)38-17-25-20-9-3-1-7-18(20)19-8-2-4-10-21(19)25/h1-12,15,23,25,28,31H,13-14,16-17H2,(H,32,37)(H,34,35)/t23-,28-/m1/s1. The Morgan fingerprint density at radius 1 is 0.947 bits per heavy atom. The van der Waals surface area contributed by atoms with Crippen molar-refractivity contribution in [2.24, 2.45) is 0 Å². The number of rotatable bonds is 6. The molecule has 3 aromatic carbocycles. The van der Waals surface area contributed by atoms with Gasteiger partial charge in [-0.2, -0.15) is 0 Å². The van der Waals surface area contributed by atoms with Crippen LogP contribution in [0.2, 0.25) is 0 Å². The Labute approximate surface area is 219 Å². The number of amides is 2. The number of fused-ring (bicyclic) bond motifs is 4. The van der Waals surface area contributed by atoms with Crippen LogP contribution in [-0.4, -0.2) is 58.7 Å². The van der Waals surface area contributed by atoms with Crippen molar-refractivity contribution in [1.29, 1.82) is 0 Å². The van der Waals surface area contributed by atoms with Crippen molar-refractivity contribution in [3.8, 4) is 11.1 Å². The number of H-pyrrole nitrogens is 1. The van der Waals surface area contributed by atoms with E-state index in [1.807, 2.05) is 66.9 Å². The van der Waals surface area contributed by atoms with Crippen LogP contribution in [0.4, 0.5) is 4.79 Å². The van der Waals surface area contributed by atoms with Crippen LogP contribution in [0, 0.1) is 0 Å². The fourth-order valence-electron chi connectivity index (χ4n) is 5.93. The molecule has 6 rings (SSSR count). The van der Waals surface area contributed by atoms with Crippen molar-refractivity contribution >= 4 is 28.9 Å². The first-order chi connectivity index (χ1) is 18.5. The van der Waals surface area contributed by atoms with E-state index in [1.165, 1.54) is 4.90 Å². The Balaban J connectivity index is 1.23. The first-order valence-electron chi connectivity index (χ1n) is 12.7. The van der Waals surface area contributed by atoms with Gasteiger partial charge in [-0.3, -0.25) is 9.59 Å². The summed E-state index contributed by atoms with van der Waals surface area (Å²) >= 11 is 0. The minimum absolute atomic E-state index is 0.108. The van der Waals surface area contributed by atoms with Crippen LogP contribution in [0.1, 0.15) is 34.9 Å². The van der Waals surface area contributed by atoms with E-state index in [9.17, 15) is 19.5 Å². The molecular weight excluding hydrogens is 482 g/mol. The molecule has 0 bridgehead atoms. The predicted molar refractivity (Wildman–Crippen MR) is 142 cm³/mol. The Kier molecular flexibility index (Phi) is 6.07. The molecule has 192 valence electrons. The van der Waals surface area contributed by atoms with Gasteiger partial charge in [0, 0.05) is 35.5 Å². The summed E-state index contributed by atoms with van der Waals surface area (Å²) in [5, 5.41) is 13.1. The SMILES string of the molecule is O=C(O)CN1CC[C@H](c2c[nH]c3ccccc23)[C@@H](NC(=O)OCC2c3ccccc3-c3ccccc32)C1=O. The number of ether oxygens (including phenoxy) is 1. The maximum Gasteiger partial charge on any atom is 0.407 e. The number of hydrogen-bond donors (Lipinski definition) is 3. The van der Waals surface area contributed by atoms with Gasteiger partial charge in [0.2, 0.25) is 5.91 Å². The van der Waals surface area contributed by atoms with Crippen LogP contribution in [0.25, 0.3) is 22.0 Å². The molecule has 3 N–H and O–H groups in total. The average Bonchev–Trinajstić information content (AvgIpc) is 3.49. The number of carboxylic acids is 1. The number of alkyl carbamates (subject to hydrolysis) is 1. The minimum Gasteiger partial charge on any atom is -0.480 e. The number of likely N-dealkylation sites (tertiary alicyclic amines) is 1. The van der Waals surface area contributed by atoms with Crippen LogP contribution in [0.5, 0.6) is 0 Å². The van der Waals surface area contributed by atoms with E-state index in [2.05, 4.69) is 22.4 Å². The van der Waals surface area contributed by atoms with Gasteiger partial charge in [-0.15, -0.1) is 0 Å². The molecule has 4 aromatic rings. The van der Waals surface area contributed by atoms with Gasteiger partial charge in [0.05, 0.1) is 0 Å². The average molecular weight is 510 g/mol. The van der Waals surface area contributed by atoms with Gasteiger partial charge in [0.15, 0.2) is 0 Å². The third-order valence-corrected chi connectivity index (χ3v) is 7.65. The molecule has 1 aliphatic carbocycles. The quantitative estimate of drug-likeness (QED) is 0.355. The van der Waals surface area contributed by atoms with Gasteiger partial charge >= 0.3 is 12.1 Å². The molecule has 1 aromatic heterocycles. The molecule has 0 unspecified atom stereocenters. The van der Waals surface area contributed by atoms with Crippen LogP contribution in [0.3, 0.4) is 0 Å². The molecule has 1 fully saturated rings. The highest BCUT2D eigenvalue weighted by Gasteiger charge is 2.40. The lowest BCUT2D eigenvalue weighted by Crippen LogP contribution is -2.56. The van der Waals surface area contributed by atoms with E-state index in [0.717, 1.165) is 38.7 Å². The normalized spacial score (nSPS) is 18.7. The van der Waals surface area contributed by atoms with Crippen LogP contribution < -0.4 is 5.32 Å². The lowest BCUT2D eigenvalue weighted by molar-refractivity contribution is -0.147. The summed E-state index contributed by atoms with van der Waals surface area (Å²) in [4.78, 5) is 42.4. The third kappa shape index (κ3) is 4.18. The van der Waals surface area contributed by atoms with E-state index >= 15 is 0 Å². The number of para-hydroxylation sites is 1. The zero-order valence-electron chi connectivity index (χ0n) is 20.6. The third-order valence-electron chi connectivity index (χ3n) is 7.65. The summed E-state index contributed by atoms with van der Waals surface area (Å²) in [7, 11) is 0. The number of carbonyl (C=O) groups is 3. The number of hydrogen-bond acceptors (Lipinski definition) is 4. The Morgan fingerprint density at radius 3 is 2.32 bits per heavy atom. The highest BCUT2D eigenvalue weighted by molar-refractivity contribution is 5.92. The molecule has 0 spiro atoms. The van der Waals surface area contributed by atoms with Crippen LogP contribution in [-0.2, 0) is 14.3 Å². The second-order valence-electron chi connectivity index (χ2n) is 9.79. The summed E-state index contributed by atoms with van der Waals surface area (Å²) < 4.78 is 5.72. The number of nitrogens with zero attached hydrogens (tertiary/aromatic N) is 1. The molecule has 1 saturated heterocycles. The summed E-state index contributed by atoms with van der Waals surface area (Å²) in [6.45, 7) is -0.00214. The number of aromatic amines is 1. The van der Waals surface area contributed by atoms with Gasteiger partial charge in [-0.05, 0) is 40.3 Å². The zero-order chi connectivity index (χ0) is 26.2. The number of piperidine rings is 1. The maximum atomic E-state index is 13.4. The summed E-state index contributed by atoms with van der Waals surface area (Å²) in [5.74, 6) is -1.96. The first kappa shape index (κ1) is 23.8. The van der Waals surface area contributed by atoms with Crippen LogP contribution >= 0.6 is 0 Å². The highest BCUT2D eigenvalue weighted by Crippen LogP contribution is 2.44. The predicted octanol–water partition coefficient (Wildman–Crippen LogP) is 4.48. The molecular formula is C30H27N3O5. The van der Waals surface area contributed by atoms with Crippen molar-refractivity contribution in [3.63, 3.8) is 0 Å². The maximum absolute atomic E-state index is 13.4. The summed E-state index contributed by atoms with van der Waals surface area (Å²) in [6, 6.07) is 23.0. The smallest absolute Gasteiger partial charge is 0.407 e. The van der Waals surface area contributed by atoms with E-state index in [-0.39, 0.29) is 25.0 Å². The van der Waals surface area contributed by atoms with Crippen molar-refractivity contribution in [3.05, 3.63) is 95.7 Å². The Morgan fingerprint density at radius 2 is 1.61 bits per heavy atom. The Bertz CT molecular complexity index is 1500. The molecule has 0 radical (unpaired) electrons. The van der Waals surface area contributed by atoms with E-state index in [1.54, 1.807) is 0 Å². The fraction of sp³-hybridized carbons (Fsp3) is 0.233. The first-order valence-corrected chi connectivity index (χ1v) is 12.7. The lowest BCUT2D eigenvalue weighted by atomic mass is 9.84. The van der Waals surface area contributed by atoms with Crippen molar-refractivity contribution in [1.82, 2.24) is 15.2 Å². The van der Waals surface area contributed by atoms with Crippen molar-refractivity contribution < 1.29 is 24.2 Å². The zero-order valence-corrected chi connectivity index (χ0v) is 20.6. The Hall–Kier alpha value is -4.59.